The second-order valence-electron chi connectivity index (χ2n) is 13.6. The Morgan fingerprint density at radius 3 is 1.25 bits per heavy atom. The van der Waals surface area contributed by atoms with E-state index in [1.165, 1.54) is 160 Å². The molecular weight excluding hydrogens is 561 g/mol. The molecule has 0 radical (unpaired) electrons. The van der Waals surface area contributed by atoms with E-state index in [9.17, 15) is 13.0 Å². The summed E-state index contributed by atoms with van der Waals surface area (Å²) in [6.07, 6.45) is 36.3. The largest absolute Gasteiger partial charge is 0.294 e. The van der Waals surface area contributed by atoms with Gasteiger partial charge < -0.3 is 0 Å². The third kappa shape index (κ3) is 17.9. The Hall–Kier alpha value is -1.39. The van der Waals surface area contributed by atoms with E-state index in [1.54, 1.807) is 6.07 Å². The summed E-state index contributed by atoms with van der Waals surface area (Å²) in [5.74, 6) is 0. The first-order valence-corrected chi connectivity index (χ1v) is 20.4. The molecule has 4 heteroatoms. The summed E-state index contributed by atoms with van der Waals surface area (Å²) in [4.78, 5) is 0.0909. The van der Waals surface area contributed by atoms with Crippen LogP contribution in [0, 0.1) is 0 Å². The average Bonchev–Trinajstić information content (AvgIpc) is 3.00. The van der Waals surface area contributed by atoms with Crippen molar-refractivity contribution in [3.63, 3.8) is 0 Å². The summed E-state index contributed by atoms with van der Waals surface area (Å²) in [5.41, 5.74) is 2.09. The molecule has 2 rings (SSSR count). The lowest BCUT2D eigenvalue weighted by Gasteiger charge is -2.11. The van der Waals surface area contributed by atoms with Gasteiger partial charge in [0.2, 0.25) is 0 Å². The molecule has 0 saturated carbocycles. The van der Waals surface area contributed by atoms with Gasteiger partial charge in [-0.05, 0) is 59.7 Å². The number of aryl methyl sites for hydroxylation is 2. The Morgan fingerprint density at radius 1 is 0.455 bits per heavy atom. The second kappa shape index (κ2) is 24.8. The topological polar surface area (TPSA) is 54.4 Å². The van der Waals surface area contributed by atoms with Gasteiger partial charge in [0, 0.05) is 0 Å². The highest BCUT2D eigenvalue weighted by Crippen LogP contribution is 2.27. The SMILES string of the molecule is CCCCCCCCCCCCCCCc1ccc2cc(S(=O)(=O)O)c(CCCCCCCCCCCCCCC)cc2c1. The van der Waals surface area contributed by atoms with Crippen LogP contribution < -0.4 is 0 Å². The minimum absolute atomic E-state index is 0.0909. The summed E-state index contributed by atoms with van der Waals surface area (Å²) in [6, 6.07) is 10.1. The van der Waals surface area contributed by atoms with Gasteiger partial charge in [0.1, 0.15) is 0 Å². The Labute approximate surface area is 273 Å². The van der Waals surface area contributed by atoms with Gasteiger partial charge in [-0.1, -0.05) is 186 Å². The Morgan fingerprint density at radius 2 is 0.841 bits per heavy atom. The molecule has 0 aliphatic heterocycles. The number of unbranched alkanes of at least 4 members (excludes halogenated alkanes) is 24. The number of rotatable bonds is 29. The minimum atomic E-state index is -4.24. The van der Waals surface area contributed by atoms with Gasteiger partial charge in [-0.2, -0.15) is 8.42 Å². The van der Waals surface area contributed by atoms with Crippen molar-refractivity contribution in [3.05, 3.63) is 41.5 Å². The van der Waals surface area contributed by atoms with E-state index in [-0.39, 0.29) is 4.90 Å². The zero-order valence-corrected chi connectivity index (χ0v) is 29.7. The zero-order chi connectivity index (χ0) is 31.7. The quantitative estimate of drug-likeness (QED) is 0.0720. The molecule has 0 heterocycles. The predicted molar refractivity (Wildman–Crippen MR) is 193 cm³/mol. The van der Waals surface area contributed by atoms with Crippen molar-refractivity contribution in [1.82, 2.24) is 0 Å². The molecule has 1 N–H and O–H groups in total. The summed E-state index contributed by atoms with van der Waals surface area (Å²) in [7, 11) is -4.24. The fraction of sp³-hybridized carbons (Fsp3) is 0.750. The number of benzene rings is 2. The Balaban J connectivity index is 1.68. The van der Waals surface area contributed by atoms with Gasteiger partial charge in [-0.25, -0.2) is 0 Å². The van der Waals surface area contributed by atoms with E-state index in [2.05, 4.69) is 26.0 Å². The van der Waals surface area contributed by atoms with E-state index in [0.29, 0.717) is 6.42 Å². The fourth-order valence-electron chi connectivity index (χ4n) is 6.64. The van der Waals surface area contributed by atoms with Crippen LogP contribution in [-0.4, -0.2) is 13.0 Å². The Bertz CT molecular complexity index is 1090. The monoisotopic (exact) mass is 628 g/mol. The maximum atomic E-state index is 12.2. The standard InChI is InChI=1S/C40H68O3S/c1-3-5-7-9-11-13-15-17-19-21-23-25-27-29-36-31-32-37-35-40(44(41,42)43)38(34-39(37)33-36)30-28-26-24-22-20-18-16-14-12-10-8-6-4-2/h31-35H,3-30H2,1-2H3,(H,41,42,43). The molecule has 0 aliphatic carbocycles. The lowest BCUT2D eigenvalue weighted by Crippen LogP contribution is -2.04. The predicted octanol–water partition coefficient (Wildman–Crippen LogP) is 13.4. The lowest BCUT2D eigenvalue weighted by atomic mass is 9.98. The zero-order valence-electron chi connectivity index (χ0n) is 28.9. The van der Waals surface area contributed by atoms with Gasteiger partial charge in [0.15, 0.2) is 0 Å². The first kappa shape index (κ1) is 38.8. The van der Waals surface area contributed by atoms with E-state index in [0.717, 1.165) is 35.6 Å². The molecule has 0 aromatic heterocycles. The normalized spacial score (nSPS) is 12.0. The summed E-state index contributed by atoms with van der Waals surface area (Å²) < 4.78 is 34.4. The van der Waals surface area contributed by atoms with Crippen LogP contribution in [0.5, 0.6) is 0 Å². The highest BCUT2D eigenvalue weighted by Gasteiger charge is 2.16. The summed E-state index contributed by atoms with van der Waals surface area (Å²) >= 11 is 0. The molecule has 0 bridgehead atoms. The first-order valence-electron chi connectivity index (χ1n) is 19.0. The third-order valence-corrected chi connectivity index (χ3v) is 10.4. The van der Waals surface area contributed by atoms with Crippen LogP contribution in [0.1, 0.15) is 192 Å². The molecule has 0 atom stereocenters. The molecule has 0 spiro atoms. The fourth-order valence-corrected chi connectivity index (χ4v) is 7.41. The van der Waals surface area contributed by atoms with Crippen molar-refractivity contribution >= 4 is 20.9 Å². The number of hydrogen-bond acceptors (Lipinski definition) is 2. The van der Waals surface area contributed by atoms with Crippen molar-refractivity contribution in [2.45, 2.75) is 199 Å². The molecule has 0 unspecified atom stereocenters. The molecule has 0 aliphatic rings. The van der Waals surface area contributed by atoms with Crippen LogP contribution in [0.4, 0.5) is 0 Å². The maximum absolute atomic E-state index is 12.2. The van der Waals surface area contributed by atoms with Crippen LogP contribution in [-0.2, 0) is 23.0 Å². The van der Waals surface area contributed by atoms with E-state index < -0.39 is 10.1 Å². The summed E-state index contributed by atoms with van der Waals surface area (Å²) in [5, 5.41) is 1.98. The van der Waals surface area contributed by atoms with Gasteiger partial charge in [0.25, 0.3) is 10.1 Å². The van der Waals surface area contributed by atoms with Crippen molar-refractivity contribution < 1.29 is 13.0 Å². The second-order valence-corrected chi connectivity index (χ2v) is 15.0. The number of hydrogen-bond donors (Lipinski definition) is 1. The minimum Gasteiger partial charge on any atom is -0.282 e. The molecular formula is C40H68O3S. The Kier molecular flexibility index (Phi) is 21.9. The average molecular weight is 629 g/mol. The van der Waals surface area contributed by atoms with Crippen LogP contribution in [0.25, 0.3) is 10.8 Å². The highest BCUT2D eigenvalue weighted by atomic mass is 32.2. The molecule has 44 heavy (non-hydrogen) atoms. The van der Waals surface area contributed by atoms with E-state index >= 15 is 0 Å². The molecule has 2 aromatic rings. The van der Waals surface area contributed by atoms with E-state index in [1.807, 2.05) is 12.1 Å². The van der Waals surface area contributed by atoms with Crippen LogP contribution >= 0.6 is 0 Å². The van der Waals surface area contributed by atoms with Crippen molar-refractivity contribution in [2.75, 3.05) is 0 Å². The molecule has 0 saturated heterocycles. The molecule has 252 valence electrons. The van der Waals surface area contributed by atoms with Crippen molar-refractivity contribution in [2.24, 2.45) is 0 Å². The van der Waals surface area contributed by atoms with Crippen LogP contribution in [0.2, 0.25) is 0 Å². The smallest absolute Gasteiger partial charge is 0.282 e. The van der Waals surface area contributed by atoms with Gasteiger partial charge in [-0.15, -0.1) is 0 Å². The molecule has 0 amide bonds. The molecule has 3 nitrogen and oxygen atoms in total. The highest BCUT2D eigenvalue weighted by molar-refractivity contribution is 7.85. The molecule has 2 aromatic carbocycles. The molecule has 0 fully saturated rings. The van der Waals surface area contributed by atoms with Crippen molar-refractivity contribution in [1.29, 1.82) is 0 Å². The van der Waals surface area contributed by atoms with Crippen LogP contribution in [0.3, 0.4) is 0 Å². The van der Waals surface area contributed by atoms with Gasteiger partial charge in [-0.3, -0.25) is 4.55 Å². The van der Waals surface area contributed by atoms with Crippen LogP contribution in [0.15, 0.2) is 35.2 Å². The first-order chi connectivity index (χ1) is 21.5. The summed E-state index contributed by atoms with van der Waals surface area (Å²) in [6.45, 7) is 4.55. The maximum Gasteiger partial charge on any atom is 0.294 e. The van der Waals surface area contributed by atoms with Gasteiger partial charge in [0.05, 0.1) is 4.90 Å². The van der Waals surface area contributed by atoms with Crippen molar-refractivity contribution in [3.8, 4) is 0 Å². The number of fused-ring (bicyclic) bond motifs is 1. The lowest BCUT2D eigenvalue weighted by molar-refractivity contribution is 0.481. The van der Waals surface area contributed by atoms with Gasteiger partial charge >= 0.3 is 0 Å². The van der Waals surface area contributed by atoms with E-state index in [4.69, 9.17) is 0 Å². The third-order valence-electron chi connectivity index (χ3n) is 9.48.